The van der Waals surface area contributed by atoms with Crippen LogP contribution in [0, 0.1) is 0 Å². The molecule has 0 saturated heterocycles. The number of hydrogen-bond donors (Lipinski definition) is 0. The molecule has 1 aromatic heterocycles. The third kappa shape index (κ3) is 4.32. The van der Waals surface area contributed by atoms with Gasteiger partial charge in [0.1, 0.15) is 24.7 Å². The van der Waals surface area contributed by atoms with Gasteiger partial charge < -0.3 is 18.7 Å². The van der Waals surface area contributed by atoms with Crippen LogP contribution in [0.3, 0.4) is 0 Å². The van der Waals surface area contributed by atoms with Crippen LogP contribution in [0.2, 0.25) is 0 Å². The van der Waals surface area contributed by atoms with Gasteiger partial charge in [0.05, 0.1) is 12.2 Å². The van der Waals surface area contributed by atoms with Gasteiger partial charge in [-0.3, -0.25) is 0 Å². The highest BCUT2D eigenvalue weighted by Gasteiger charge is 2.07. The highest BCUT2D eigenvalue weighted by Crippen LogP contribution is 2.15. The molecule has 2 rings (SSSR count). The lowest BCUT2D eigenvalue weighted by molar-refractivity contribution is 0.0526. The fourth-order valence-electron chi connectivity index (χ4n) is 1.69. The van der Waals surface area contributed by atoms with E-state index in [0.29, 0.717) is 36.0 Å². The fraction of sp³-hybridized carbons (Fsp3) is 0.333. The molecule has 0 saturated carbocycles. The Labute approximate surface area is 122 Å². The molecule has 6 nitrogen and oxygen atoms in total. The summed E-state index contributed by atoms with van der Waals surface area (Å²) in [6.07, 6.45) is 0. The summed E-state index contributed by atoms with van der Waals surface area (Å²) in [5.74, 6) is 0.942. The Kier molecular flexibility index (Phi) is 5.34. The lowest BCUT2D eigenvalue weighted by Gasteiger charge is -2.05. The average Bonchev–Trinajstić information content (AvgIpc) is 2.94. The molecule has 0 aliphatic rings. The molecule has 0 N–H and O–H groups in total. The van der Waals surface area contributed by atoms with Gasteiger partial charge in [0, 0.05) is 13.2 Å². The van der Waals surface area contributed by atoms with Crippen molar-refractivity contribution >= 4 is 5.97 Å². The molecule has 0 radical (unpaired) electrons. The molecule has 2 aromatic rings. The number of ether oxygens (including phenoxy) is 3. The van der Waals surface area contributed by atoms with E-state index in [0.717, 1.165) is 0 Å². The molecule has 0 atom stereocenters. The zero-order valence-electron chi connectivity index (χ0n) is 12.0. The topological polar surface area (TPSA) is 70.8 Å². The SMILES string of the molecule is CCOC(=O)c1ccc(OCc2cc(COC)on2)cc1. The smallest absolute Gasteiger partial charge is 0.338 e. The van der Waals surface area contributed by atoms with Crippen molar-refractivity contribution in [2.24, 2.45) is 0 Å². The number of nitrogens with zero attached hydrogens (tertiary/aromatic N) is 1. The van der Waals surface area contributed by atoms with E-state index in [2.05, 4.69) is 5.16 Å². The monoisotopic (exact) mass is 291 g/mol. The summed E-state index contributed by atoms with van der Waals surface area (Å²) in [7, 11) is 1.59. The number of methoxy groups -OCH3 is 1. The van der Waals surface area contributed by atoms with Gasteiger partial charge in [-0.25, -0.2) is 4.79 Å². The van der Waals surface area contributed by atoms with Gasteiger partial charge in [0.25, 0.3) is 0 Å². The van der Waals surface area contributed by atoms with E-state index in [4.69, 9.17) is 18.7 Å². The van der Waals surface area contributed by atoms with Gasteiger partial charge in [-0.15, -0.1) is 0 Å². The van der Waals surface area contributed by atoms with Crippen LogP contribution in [-0.2, 0) is 22.7 Å². The summed E-state index contributed by atoms with van der Waals surface area (Å²) in [6.45, 7) is 2.78. The van der Waals surface area contributed by atoms with E-state index in [9.17, 15) is 4.79 Å². The second-order valence-electron chi connectivity index (χ2n) is 4.25. The van der Waals surface area contributed by atoms with E-state index in [1.165, 1.54) is 0 Å². The second kappa shape index (κ2) is 7.44. The Bertz CT molecular complexity index is 576. The molecule has 0 aliphatic heterocycles. The van der Waals surface area contributed by atoms with Gasteiger partial charge >= 0.3 is 5.97 Å². The normalized spacial score (nSPS) is 10.4. The van der Waals surface area contributed by atoms with Crippen molar-refractivity contribution < 1.29 is 23.5 Å². The Morgan fingerprint density at radius 3 is 2.67 bits per heavy atom. The van der Waals surface area contributed by atoms with Gasteiger partial charge in [-0.2, -0.15) is 0 Å². The van der Waals surface area contributed by atoms with Crippen LogP contribution in [0.15, 0.2) is 34.9 Å². The van der Waals surface area contributed by atoms with Crippen LogP contribution in [-0.4, -0.2) is 24.8 Å². The first kappa shape index (κ1) is 15.1. The maximum absolute atomic E-state index is 11.5. The zero-order valence-corrected chi connectivity index (χ0v) is 12.0. The summed E-state index contributed by atoms with van der Waals surface area (Å²) in [4.78, 5) is 11.5. The van der Waals surface area contributed by atoms with Crippen molar-refractivity contribution in [3.63, 3.8) is 0 Å². The minimum Gasteiger partial charge on any atom is -0.487 e. The number of aromatic nitrogens is 1. The molecule has 0 unspecified atom stereocenters. The Balaban J connectivity index is 1.89. The number of carbonyl (C=O) groups excluding carboxylic acids is 1. The Morgan fingerprint density at radius 1 is 1.24 bits per heavy atom. The van der Waals surface area contributed by atoms with Gasteiger partial charge in [0.2, 0.25) is 0 Å². The van der Waals surface area contributed by atoms with Crippen molar-refractivity contribution in [2.75, 3.05) is 13.7 Å². The van der Waals surface area contributed by atoms with Crippen LogP contribution in [0.4, 0.5) is 0 Å². The third-order valence-electron chi connectivity index (χ3n) is 2.65. The lowest BCUT2D eigenvalue weighted by Crippen LogP contribution is -2.04. The molecular weight excluding hydrogens is 274 g/mol. The summed E-state index contributed by atoms with van der Waals surface area (Å²) in [5, 5.41) is 3.87. The van der Waals surface area contributed by atoms with E-state index >= 15 is 0 Å². The highest BCUT2D eigenvalue weighted by molar-refractivity contribution is 5.89. The van der Waals surface area contributed by atoms with Gasteiger partial charge in [-0.05, 0) is 31.2 Å². The molecule has 0 fully saturated rings. The summed E-state index contributed by atoms with van der Waals surface area (Å²) in [6, 6.07) is 8.51. The van der Waals surface area contributed by atoms with Crippen LogP contribution < -0.4 is 4.74 Å². The molecule has 21 heavy (non-hydrogen) atoms. The van der Waals surface area contributed by atoms with E-state index in [1.807, 2.05) is 0 Å². The number of carbonyl (C=O) groups is 1. The summed E-state index contributed by atoms with van der Waals surface area (Å²) in [5.41, 5.74) is 1.17. The maximum atomic E-state index is 11.5. The van der Waals surface area contributed by atoms with Crippen molar-refractivity contribution in [2.45, 2.75) is 20.1 Å². The fourth-order valence-corrected chi connectivity index (χ4v) is 1.69. The number of rotatable bonds is 7. The molecule has 1 aromatic carbocycles. The van der Waals surface area contributed by atoms with Crippen LogP contribution in [0.5, 0.6) is 5.75 Å². The first-order chi connectivity index (χ1) is 10.2. The summed E-state index contributed by atoms with van der Waals surface area (Å²) >= 11 is 0. The van der Waals surface area contributed by atoms with Crippen LogP contribution in [0.1, 0.15) is 28.7 Å². The van der Waals surface area contributed by atoms with Crippen LogP contribution >= 0.6 is 0 Å². The molecule has 0 spiro atoms. The second-order valence-corrected chi connectivity index (χ2v) is 4.25. The molecule has 0 aliphatic carbocycles. The zero-order chi connectivity index (χ0) is 15.1. The Morgan fingerprint density at radius 2 is 2.00 bits per heavy atom. The number of hydrogen-bond acceptors (Lipinski definition) is 6. The number of esters is 1. The van der Waals surface area contributed by atoms with Crippen molar-refractivity contribution in [3.05, 3.63) is 47.3 Å². The van der Waals surface area contributed by atoms with Crippen molar-refractivity contribution in [1.82, 2.24) is 5.16 Å². The van der Waals surface area contributed by atoms with Crippen LogP contribution in [0.25, 0.3) is 0 Å². The van der Waals surface area contributed by atoms with E-state index in [1.54, 1.807) is 44.4 Å². The van der Waals surface area contributed by atoms with E-state index in [-0.39, 0.29) is 12.6 Å². The third-order valence-corrected chi connectivity index (χ3v) is 2.65. The standard InChI is InChI=1S/C15H17NO5/c1-3-19-15(17)11-4-6-13(7-5-11)20-9-12-8-14(10-18-2)21-16-12/h4-8H,3,9-10H2,1-2H3. The highest BCUT2D eigenvalue weighted by atomic mass is 16.5. The van der Waals surface area contributed by atoms with Crippen molar-refractivity contribution in [1.29, 1.82) is 0 Å². The first-order valence-electron chi connectivity index (χ1n) is 6.56. The molecular formula is C15H17NO5. The Hall–Kier alpha value is -2.34. The molecule has 0 amide bonds. The quantitative estimate of drug-likeness (QED) is 0.730. The van der Waals surface area contributed by atoms with Gasteiger partial charge in [0.15, 0.2) is 5.76 Å². The summed E-state index contributed by atoms with van der Waals surface area (Å²) < 4.78 is 20.5. The molecule has 1 heterocycles. The van der Waals surface area contributed by atoms with Gasteiger partial charge in [-0.1, -0.05) is 5.16 Å². The maximum Gasteiger partial charge on any atom is 0.338 e. The molecule has 0 bridgehead atoms. The average molecular weight is 291 g/mol. The van der Waals surface area contributed by atoms with E-state index < -0.39 is 0 Å². The predicted octanol–water partition coefficient (Wildman–Crippen LogP) is 2.58. The molecule has 112 valence electrons. The predicted molar refractivity (Wildman–Crippen MR) is 73.9 cm³/mol. The molecule has 6 heteroatoms. The minimum atomic E-state index is -0.343. The first-order valence-corrected chi connectivity index (χ1v) is 6.56. The lowest BCUT2D eigenvalue weighted by atomic mass is 10.2. The largest absolute Gasteiger partial charge is 0.487 e. The minimum absolute atomic E-state index is 0.284. The van der Waals surface area contributed by atoms with Crippen molar-refractivity contribution in [3.8, 4) is 5.75 Å². The number of benzene rings is 1.